The van der Waals surface area contributed by atoms with E-state index in [1.54, 1.807) is 24.5 Å². The highest BCUT2D eigenvalue weighted by Gasteiger charge is 2.29. The molecular formula is C21H26FN3O. The Morgan fingerprint density at radius 2 is 2.00 bits per heavy atom. The first-order valence-corrected chi connectivity index (χ1v) is 9.36. The maximum atomic E-state index is 13.6. The Bertz CT molecular complexity index is 707. The van der Waals surface area contributed by atoms with Gasteiger partial charge in [-0.2, -0.15) is 0 Å². The minimum Gasteiger partial charge on any atom is -0.340 e. The molecule has 1 aliphatic heterocycles. The van der Waals surface area contributed by atoms with Crippen molar-refractivity contribution in [2.75, 3.05) is 13.1 Å². The molecule has 1 aliphatic rings. The van der Waals surface area contributed by atoms with Crippen LogP contribution >= 0.6 is 0 Å². The molecule has 2 heterocycles. The molecule has 1 saturated heterocycles. The number of amides is 1. The van der Waals surface area contributed by atoms with Gasteiger partial charge in [0.15, 0.2) is 0 Å². The van der Waals surface area contributed by atoms with Gasteiger partial charge < -0.3 is 10.2 Å². The second kappa shape index (κ2) is 9.43. The number of aromatic nitrogens is 1. The van der Waals surface area contributed by atoms with E-state index in [4.69, 9.17) is 0 Å². The van der Waals surface area contributed by atoms with Gasteiger partial charge in [-0.15, -0.1) is 0 Å². The molecule has 5 heteroatoms. The van der Waals surface area contributed by atoms with Crippen LogP contribution in [0.2, 0.25) is 0 Å². The molecule has 1 fully saturated rings. The largest absolute Gasteiger partial charge is 0.340 e. The van der Waals surface area contributed by atoms with E-state index in [9.17, 15) is 9.18 Å². The minimum atomic E-state index is -0.172. The Morgan fingerprint density at radius 3 is 2.81 bits per heavy atom. The fourth-order valence-corrected chi connectivity index (χ4v) is 3.54. The SMILES string of the molecule is O=C1CCC(CCNCc2ccccc2F)N1CCCc1ccncc1. The number of hydrogen-bond acceptors (Lipinski definition) is 3. The maximum absolute atomic E-state index is 13.6. The van der Waals surface area contributed by atoms with Gasteiger partial charge in [0.05, 0.1) is 0 Å². The molecule has 3 rings (SSSR count). The number of nitrogens with one attached hydrogen (secondary N) is 1. The lowest BCUT2D eigenvalue weighted by Crippen LogP contribution is -2.36. The Labute approximate surface area is 154 Å². The van der Waals surface area contributed by atoms with Crippen LogP contribution in [-0.4, -0.2) is 34.9 Å². The lowest BCUT2D eigenvalue weighted by atomic mass is 10.1. The molecule has 2 aromatic rings. The number of benzene rings is 1. The van der Waals surface area contributed by atoms with Gasteiger partial charge in [-0.3, -0.25) is 9.78 Å². The Morgan fingerprint density at radius 1 is 1.19 bits per heavy atom. The summed E-state index contributed by atoms with van der Waals surface area (Å²) < 4.78 is 13.6. The normalized spacial score (nSPS) is 17.0. The quantitative estimate of drug-likeness (QED) is 0.702. The van der Waals surface area contributed by atoms with Crippen LogP contribution in [0.3, 0.4) is 0 Å². The van der Waals surface area contributed by atoms with Crippen molar-refractivity contribution >= 4 is 5.91 Å². The number of likely N-dealkylation sites (tertiary alicyclic amines) is 1. The van der Waals surface area contributed by atoms with Crippen LogP contribution in [0.25, 0.3) is 0 Å². The predicted octanol–water partition coefficient (Wildman–Crippen LogP) is 3.32. The van der Waals surface area contributed by atoms with Crippen molar-refractivity contribution in [1.29, 1.82) is 0 Å². The fraction of sp³-hybridized carbons (Fsp3) is 0.429. The molecule has 0 bridgehead atoms. The van der Waals surface area contributed by atoms with E-state index in [1.165, 1.54) is 11.6 Å². The summed E-state index contributed by atoms with van der Waals surface area (Å²) in [5.41, 5.74) is 1.94. The zero-order chi connectivity index (χ0) is 18.2. The van der Waals surface area contributed by atoms with Gasteiger partial charge in [-0.1, -0.05) is 18.2 Å². The molecule has 1 atom stereocenters. The monoisotopic (exact) mass is 355 g/mol. The van der Waals surface area contributed by atoms with E-state index >= 15 is 0 Å². The van der Waals surface area contributed by atoms with Crippen molar-refractivity contribution in [2.24, 2.45) is 0 Å². The molecule has 0 radical (unpaired) electrons. The average molecular weight is 355 g/mol. The highest BCUT2D eigenvalue weighted by Crippen LogP contribution is 2.22. The number of rotatable bonds is 9. The van der Waals surface area contributed by atoms with E-state index in [1.807, 2.05) is 23.1 Å². The third-order valence-electron chi connectivity index (χ3n) is 4.99. The van der Waals surface area contributed by atoms with Crippen LogP contribution < -0.4 is 5.32 Å². The van der Waals surface area contributed by atoms with Crippen molar-refractivity contribution in [3.63, 3.8) is 0 Å². The molecule has 1 amide bonds. The minimum absolute atomic E-state index is 0.172. The van der Waals surface area contributed by atoms with Crippen molar-refractivity contribution in [3.05, 3.63) is 65.7 Å². The van der Waals surface area contributed by atoms with Crippen molar-refractivity contribution in [2.45, 2.75) is 44.7 Å². The lowest BCUT2D eigenvalue weighted by Gasteiger charge is -2.25. The third kappa shape index (κ3) is 5.11. The number of carbonyl (C=O) groups excluding carboxylic acids is 1. The second-order valence-corrected chi connectivity index (χ2v) is 6.80. The van der Waals surface area contributed by atoms with Crippen LogP contribution in [0.5, 0.6) is 0 Å². The van der Waals surface area contributed by atoms with Crippen LogP contribution in [0, 0.1) is 5.82 Å². The number of nitrogens with zero attached hydrogens (tertiary/aromatic N) is 2. The Hall–Kier alpha value is -2.27. The third-order valence-corrected chi connectivity index (χ3v) is 4.99. The van der Waals surface area contributed by atoms with Gasteiger partial charge in [-0.25, -0.2) is 4.39 Å². The van der Waals surface area contributed by atoms with E-state index in [2.05, 4.69) is 10.3 Å². The number of pyridine rings is 1. The van der Waals surface area contributed by atoms with E-state index in [0.717, 1.165) is 38.8 Å². The summed E-state index contributed by atoms with van der Waals surface area (Å²) in [5.74, 6) is 0.0904. The first-order valence-electron chi connectivity index (χ1n) is 9.36. The molecule has 1 N–H and O–H groups in total. The summed E-state index contributed by atoms with van der Waals surface area (Å²) in [6.07, 6.45) is 8.03. The molecule has 0 spiro atoms. The summed E-state index contributed by atoms with van der Waals surface area (Å²) in [6, 6.07) is 11.2. The molecule has 0 saturated carbocycles. The Balaban J connectivity index is 1.40. The van der Waals surface area contributed by atoms with E-state index < -0.39 is 0 Å². The van der Waals surface area contributed by atoms with E-state index in [0.29, 0.717) is 24.6 Å². The number of aryl methyl sites for hydroxylation is 1. The summed E-state index contributed by atoms with van der Waals surface area (Å²) in [6.45, 7) is 2.11. The zero-order valence-corrected chi connectivity index (χ0v) is 15.0. The van der Waals surface area contributed by atoms with Crippen LogP contribution in [0.4, 0.5) is 4.39 Å². The molecule has 1 aromatic heterocycles. The molecule has 0 aliphatic carbocycles. The van der Waals surface area contributed by atoms with Crippen molar-refractivity contribution < 1.29 is 9.18 Å². The topological polar surface area (TPSA) is 45.2 Å². The van der Waals surface area contributed by atoms with Gasteiger partial charge in [0.2, 0.25) is 5.91 Å². The predicted molar refractivity (Wildman–Crippen MR) is 100 cm³/mol. The van der Waals surface area contributed by atoms with Crippen LogP contribution in [-0.2, 0) is 17.8 Å². The van der Waals surface area contributed by atoms with Gasteiger partial charge in [0, 0.05) is 43.5 Å². The molecule has 4 nitrogen and oxygen atoms in total. The highest BCUT2D eigenvalue weighted by atomic mass is 19.1. The van der Waals surface area contributed by atoms with Gasteiger partial charge in [0.25, 0.3) is 0 Å². The first-order chi connectivity index (χ1) is 12.7. The average Bonchev–Trinajstić information content (AvgIpc) is 3.01. The number of hydrogen-bond donors (Lipinski definition) is 1. The zero-order valence-electron chi connectivity index (χ0n) is 15.0. The van der Waals surface area contributed by atoms with Gasteiger partial charge in [-0.05, 0) is 56.0 Å². The lowest BCUT2D eigenvalue weighted by molar-refractivity contribution is -0.129. The number of carbonyl (C=O) groups is 1. The molecule has 1 aromatic carbocycles. The second-order valence-electron chi connectivity index (χ2n) is 6.80. The summed E-state index contributed by atoms with van der Waals surface area (Å²) in [7, 11) is 0. The Kier molecular flexibility index (Phi) is 6.72. The van der Waals surface area contributed by atoms with Crippen molar-refractivity contribution in [3.8, 4) is 0 Å². The fourth-order valence-electron chi connectivity index (χ4n) is 3.54. The molecular weight excluding hydrogens is 329 g/mol. The number of halogens is 1. The standard InChI is InChI=1S/C21H26FN3O/c22-20-6-2-1-5-18(20)16-24-14-11-19-7-8-21(26)25(19)15-3-4-17-9-12-23-13-10-17/h1-2,5-6,9-10,12-13,19,24H,3-4,7-8,11,14-16H2. The first kappa shape index (κ1) is 18.5. The molecule has 26 heavy (non-hydrogen) atoms. The molecule has 1 unspecified atom stereocenters. The smallest absolute Gasteiger partial charge is 0.222 e. The van der Waals surface area contributed by atoms with Crippen LogP contribution in [0.15, 0.2) is 48.8 Å². The summed E-state index contributed by atoms with van der Waals surface area (Å²) in [4.78, 5) is 18.2. The van der Waals surface area contributed by atoms with Gasteiger partial charge >= 0.3 is 0 Å². The summed E-state index contributed by atoms with van der Waals surface area (Å²) in [5, 5.41) is 3.30. The molecule has 138 valence electrons. The van der Waals surface area contributed by atoms with Crippen LogP contribution in [0.1, 0.15) is 36.8 Å². The summed E-state index contributed by atoms with van der Waals surface area (Å²) >= 11 is 0. The maximum Gasteiger partial charge on any atom is 0.222 e. The highest BCUT2D eigenvalue weighted by molar-refractivity contribution is 5.78. The van der Waals surface area contributed by atoms with Gasteiger partial charge in [0.1, 0.15) is 5.82 Å². The van der Waals surface area contributed by atoms with Crippen molar-refractivity contribution in [1.82, 2.24) is 15.2 Å². The van der Waals surface area contributed by atoms with E-state index in [-0.39, 0.29) is 11.7 Å².